The molecule has 0 spiro atoms. The molecule has 0 bridgehead atoms. The first-order valence-electron chi connectivity index (χ1n) is 6.62. The molecule has 1 rings (SSSR count). The molecule has 4 heteroatoms. The monoisotopic (exact) mass is 253 g/mol. The minimum Gasteiger partial charge on any atom is -0.379 e. The van der Waals surface area contributed by atoms with E-state index in [9.17, 15) is 0 Å². The molecule has 4 nitrogen and oxygen atoms in total. The van der Waals surface area contributed by atoms with Crippen molar-refractivity contribution in [1.82, 2.24) is 15.0 Å². The lowest BCUT2D eigenvalue weighted by Gasteiger charge is -2.17. The summed E-state index contributed by atoms with van der Waals surface area (Å²) >= 11 is 0. The zero-order valence-corrected chi connectivity index (χ0v) is 12.7. The molecule has 0 aliphatic heterocycles. The van der Waals surface area contributed by atoms with Crippen LogP contribution in [0.5, 0.6) is 0 Å². The van der Waals surface area contributed by atoms with Crippen molar-refractivity contribution in [2.45, 2.75) is 54.5 Å². The summed E-state index contributed by atoms with van der Waals surface area (Å²) in [5.41, 5.74) is 1.53. The van der Waals surface area contributed by atoms with E-state index in [-0.39, 0.29) is 10.8 Å². The van der Waals surface area contributed by atoms with Crippen molar-refractivity contribution in [3.05, 3.63) is 11.9 Å². The number of hydrogen-bond donors (Lipinski definition) is 0. The number of nitrogens with zero attached hydrogens (tertiary/aromatic N) is 3. The Labute approximate surface area is 111 Å². The summed E-state index contributed by atoms with van der Waals surface area (Å²) < 4.78 is 7.49. The SMILES string of the molecule is CC(C)(C)COCCn1cc(CC(C)(C)C)nn1. The average Bonchev–Trinajstić information content (AvgIpc) is 2.56. The van der Waals surface area contributed by atoms with E-state index >= 15 is 0 Å². The molecule has 0 amide bonds. The predicted octanol–water partition coefficient (Wildman–Crippen LogP) is 2.93. The van der Waals surface area contributed by atoms with Crippen molar-refractivity contribution in [2.75, 3.05) is 13.2 Å². The fourth-order valence-electron chi connectivity index (χ4n) is 1.61. The van der Waals surface area contributed by atoms with Gasteiger partial charge in [0, 0.05) is 6.20 Å². The first-order chi connectivity index (χ1) is 8.16. The summed E-state index contributed by atoms with van der Waals surface area (Å²) in [4.78, 5) is 0. The molecule has 18 heavy (non-hydrogen) atoms. The minimum absolute atomic E-state index is 0.222. The van der Waals surface area contributed by atoms with E-state index in [0.717, 1.165) is 25.3 Å². The molecule has 1 aromatic heterocycles. The molecule has 0 N–H and O–H groups in total. The molecule has 0 atom stereocenters. The molecule has 0 radical (unpaired) electrons. The molecular weight excluding hydrogens is 226 g/mol. The van der Waals surface area contributed by atoms with E-state index in [0.29, 0.717) is 6.61 Å². The summed E-state index contributed by atoms with van der Waals surface area (Å²) in [6, 6.07) is 0. The van der Waals surface area contributed by atoms with Gasteiger partial charge in [0.2, 0.25) is 0 Å². The molecule has 1 aromatic rings. The molecule has 0 fully saturated rings. The van der Waals surface area contributed by atoms with Crippen LogP contribution in [0.2, 0.25) is 0 Å². The zero-order valence-electron chi connectivity index (χ0n) is 12.7. The molecule has 1 heterocycles. The highest BCUT2D eigenvalue weighted by Gasteiger charge is 2.14. The Morgan fingerprint density at radius 2 is 1.78 bits per heavy atom. The second-order valence-electron chi connectivity index (χ2n) is 7.32. The third-order valence-corrected chi connectivity index (χ3v) is 2.30. The molecule has 0 saturated heterocycles. The van der Waals surface area contributed by atoms with Gasteiger partial charge in [-0.1, -0.05) is 46.8 Å². The van der Waals surface area contributed by atoms with Crippen LogP contribution in [0.15, 0.2) is 6.20 Å². The maximum atomic E-state index is 5.62. The van der Waals surface area contributed by atoms with Gasteiger partial charge in [-0.05, 0) is 17.3 Å². The largest absolute Gasteiger partial charge is 0.379 e. The van der Waals surface area contributed by atoms with Gasteiger partial charge in [0.1, 0.15) is 0 Å². The summed E-state index contributed by atoms with van der Waals surface area (Å²) in [7, 11) is 0. The Hall–Kier alpha value is -0.900. The van der Waals surface area contributed by atoms with E-state index in [1.807, 2.05) is 10.9 Å². The Bertz CT molecular complexity index is 358. The highest BCUT2D eigenvalue weighted by molar-refractivity contribution is 4.95. The first kappa shape index (κ1) is 15.2. The molecule has 104 valence electrons. The van der Waals surface area contributed by atoms with Gasteiger partial charge in [0.05, 0.1) is 25.5 Å². The first-order valence-corrected chi connectivity index (χ1v) is 6.62. The third-order valence-electron chi connectivity index (χ3n) is 2.30. The summed E-state index contributed by atoms with van der Waals surface area (Å²) in [6.45, 7) is 15.4. The molecule has 0 unspecified atom stereocenters. The van der Waals surface area contributed by atoms with Gasteiger partial charge in [-0.25, -0.2) is 4.68 Å². The fraction of sp³-hybridized carbons (Fsp3) is 0.857. The highest BCUT2D eigenvalue weighted by atomic mass is 16.5. The van der Waals surface area contributed by atoms with Crippen molar-refractivity contribution in [1.29, 1.82) is 0 Å². The van der Waals surface area contributed by atoms with Crippen molar-refractivity contribution in [2.24, 2.45) is 10.8 Å². The lowest BCUT2D eigenvalue weighted by atomic mass is 9.91. The highest BCUT2D eigenvalue weighted by Crippen LogP contribution is 2.18. The summed E-state index contributed by atoms with van der Waals surface area (Å²) in [6.07, 6.45) is 2.97. The summed E-state index contributed by atoms with van der Waals surface area (Å²) in [5.74, 6) is 0. The van der Waals surface area contributed by atoms with Gasteiger partial charge in [-0.3, -0.25) is 0 Å². The number of aromatic nitrogens is 3. The number of rotatable bonds is 5. The van der Waals surface area contributed by atoms with Gasteiger partial charge in [0.15, 0.2) is 0 Å². The van der Waals surface area contributed by atoms with Crippen LogP contribution in [-0.4, -0.2) is 28.2 Å². The van der Waals surface area contributed by atoms with Crippen LogP contribution < -0.4 is 0 Å². The standard InChI is InChI=1S/C14H27N3O/c1-13(2,3)9-12-10-17(16-15-12)7-8-18-11-14(4,5)6/h10H,7-9,11H2,1-6H3. The molecular formula is C14H27N3O. The lowest BCUT2D eigenvalue weighted by molar-refractivity contribution is 0.0644. The number of ether oxygens (including phenoxy) is 1. The van der Waals surface area contributed by atoms with E-state index in [1.54, 1.807) is 0 Å². The minimum atomic E-state index is 0.222. The lowest BCUT2D eigenvalue weighted by Crippen LogP contribution is -2.17. The topological polar surface area (TPSA) is 39.9 Å². The fourth-order valence-corrected chi connectivity index (χ4v) is 1.61. The van der Waals surface area contributed by atoms with Crippen molar-refractivity contribution < 1.29 is 4.74 Å². The molecule has 0 aliphatic carbocycles. The second kappa shape index (κ2) is 5.83. The average molecular weight is 253 g/mol. The van der Waals surface area contributed by atoms with Crippen LogP contribution in [0, 0.1) is 10.8 Å². The van der Waals surface area contributed by atoms with Gasteiger partial charge >= 0.3 is 0 Å². The van der Waals surface area contributed by atoms with Crippen LogP contribution in [0.3, 0.4) is 0 Å². The van der Waals surface area contributed by atoms with Crippen LogP contribution in [0.25, 0.3) is 0 Å². The maximum Gasteiger partial charge on any atom is 0.0832 e. The predicted molar refractivity (Wildman–Crippen MR) is 73.5 cm³/mol. The van der Waals surface area contributed by atoms with Crippen LogP contribution in [0.4, 0.5) is 0 Å². The van der Waals surface area contributed by atoms with Gasteiger partial charge in [-0.2, -0.15) is 0 Å². The van der Waals surface area contributed by atoms with Crippen molar-refractivity contribution in [3.8, 4) is 0 Å². The second-order valence-corrected chi connectivity index (χ2v) is 7.32. The Kier molecular flexibility index (Phi) is 4.91. The van der Waals surface area contributed by atoms with Gasteiger partial charge in [-0.15, -0.1) is 5.10 Å². The quantitative estimate of drug-likeness (QED) is 0.757. The Morgan fingerprint density at radius 1 is 1.11 bits per heavy atom. The Morgan fingerprint density at radius 3 is 2.33 bits per heavy atom. The third kappa shape index (κ3) is 6.74. The molecule has 0 aromatic carbocycles. The van der Waals surface area contributed by atoms with E-state index in [2.05, 4.69) is 51.9 Å². The van der Waals surface area contributed by atoms with E-state index in [1.165, 1.54) is 0 Å². The van der Waals surface area contributed by atoms with Gasteiger partial charge in [0.25, 0.3) is 0 Å². The van der Waals surface area contributed by atoms with Crippen molar-refractivity contribution in [3.63, 3.8) is 0 Å². The van der Waals surface area contributed by atoms with Crippen LogP contribution in [0.1, 0.15) is 47.2 Å². The van der Waals surface area contributed by atoms with Crippen LogP contribution in [-0.2, 0) is 17.7 Å². The van der Waals surface area contributed by atoms with Gasteiger partial charge < -0.3 is 4.74 Å². The molecule has 0 aliphatic rings. The number of hydrogen-bond acceptors (Lipinski definition) is 3. The van der Waals surface area contributed by atoms with E-state index in [4.69, 9.17) is 4.74 Å². The zero-order chi connectivity index (χ0) is 13.8. The maximum absolute atomic E-state index is 5.62. The summed E-state index contributed by atoms with van der Waals surface area (Å²) in [5, 5.41) is 8.31. The molecule has 0 saturated carbocycles. The van der Waals surface area contributed by atoms with Crippen molar-refractivity contribution >= 4 is 0 Å². The van der Waals surface area contributed by atoms with Crippen LogP contribution >= 0.6 is 0 Å². The normalized spacial score (nSPS) is 13.0. The Balaban J connectivity index is 2.32. The van der Waals surface area contributed by atoms with E-state index < -0.39 is 0 Å². The smallest absolute Gasteiger partial charge is 0.0832 e.